The van der Waals surface area contributed by atoms with Crippen LogP contribution in [-0.2, 0) is 11.2 Å². The van der Waals surface area contributed by atoms with Crippen molar-refractivity contribution in [3.05, 3.63) is 120 Å². The highest BCUT2D eigenvalue weighted by atomic mass is 16.5. The molecule has 1 saturated carbocycles. The Bertz CT molecular complexity index is 1470. The molecule has 2 N–H and O–H groups in total. The lowest BCUT2D eigenvalue weighted by molar-refractivity contribution is -0.138. The molecule has 7 heteroatoms. The fourth-order valence-electron chi connectivity index (χ4n) is 5.70. The molecule has 1 atom stereocenters. The second kappa shape index (κ2) is 15.6. The first kappa shape index (κ1) is 30.7. The number of nitrogens with zero attached hydrogens (tertiary/aromatic N) is 1. The van der Waals surface area contributed by atoms with Gasteiger partial charge in [-0.05, 0) is 86.2 Å². The molecular weight excluding hydrogens is 552 g/mol. The number of nitrogens with one attached hydrogen (secondary N) is 1. The Morgan fingerprint density at radius 2 is 1.50 bits per heavy atom. The van der Waals surface area contributed by atoms with Gasteiger partial charge in [0.15, 0.2) is 5.75 Å². The maximum atomic E-state index is 12.6. The Labute approximate surface area is 259 Å². The predicted molar refractivity (Wildman–Crippen MR) is 174 cm³/mol. The number of carboxylic acids is 1. The first-order valence-electron chi connectivity index (χ1n) is 15.5. The summed E-state index contributed by atoms with van der Waals surface area (Å²) in [5, 5.41) is 13.0. The van der Waals surface area contributed by atoms with Crippen molar-refractivity contribution in [2.45, 2.75) is 57.0 Å². The number of hydrogen-bond donors (Lipinski definition) is 2. The standard InChI is InChI=1S/C37H40N2O5/c40-36(41)34(38-33-18-9-10-19-35(33)44-37(42)29-12-3-1-4-13-29)25-22-28-20-23-32(24-21-28)43-27-11-26-39(31-16-7-8-17-31)30-14-5-2-6-15-30/h1-6,9-10,12-15,18-21,23-24,31,34,38H,7-8,11,16-17,22,25-27H2,(H,40,41). The SMILES string of the molecule is O=C(Oc1ccccc1NC(CCc1ccc(OCCCN(c2ccccc2)C2CCCC2)cc1)C(=O)O)c1ccccc1. The third-order valence-corrected chi connectivity index (χ3v) is 8.04. The molecule has 1 aliphatic rings. The molecule has 5 rings (SSSR count). The van der Waals surface area contributed by atoms with Crippen LogP contribution in [0.15, 0.2) is 109 Å². The van der Waals surface area contributed by atoms with Gasteiger partial charge < -0.3 is 24.8 Å². The molecule has 0 aliphatic heterocycles. The van der Waals surface area contributed by atoms with Crippen molar-refractivity contribution < 1.29 is 24.2 Å². The van der Waals surface area contributed by atoms with Crippen LogP contribution in [0.3, 0.4) is 0 Å². The van der Waals surface area contributed by atoms with Crippen molar-refractivity contribution in [1.29, 1.82) is 0 Å². The molecule has 44 heavy (non-hydrogen) atoms. The van der Waals surface area contributed by atoms with Crippen LogP contribution in [0.5, 0.6) is 11.5 Å². The number of aryl methyl sites for hydroxylation is 1. The van der Waals surface area contributed by atoms with Crippen LogP contribution in [0.2, 0.25) is 0 Å². The van der Waals surface area contributed by atoms with Gasteiger partial charge in [-0.15, -0.1) is 0 Å². The van der Waals surface area contributed by atoms with E-state index in [1.807, 2.05) is 30.3 Å². The molecule has 0 spiro atoms. The Kier molecular flexibility index (Phi) is 10.9. The molecule has 0 bridgehead atoms. The molecule has 1 aliphatic carbocycles. The molecule has 0 heterocycles. The van der Waals surface area contributed by atoms with Crippen LogP contribution in [-0.4, -0.2) is 42.3 Å². The fraction of sp³-hybridized carbons (Fsp3) is 0.297. The number of aliphatic carboxylic acids is 1. The van der Waals surface area contributed by atoms with Crippen LogP contribution < -0.4 is 19.7 Å². The molecule has 0 aromatic heterocycles. The molecule has 1 fully saturated rings. The number of carbonyl (C=O) groups is 2. The second-order valence-electron chi connectivity index (χ2n) is 11.1. The minimum absolute atomic E-state index is 0.282. The van der Waals surface area contributed by atoms with E-state index in [4.69, 9.17) is 9.47 Å². The van der Waals surface area contributed by atoms with Gasteiger partial charge in [-0.1, -0.05) is 73.5 Å². The van der Waals surface area contributed by atoms with E-state index in [0.29, 0.717) is 36.7 Å². The summed E-state index contributed by atoms with van der Waals surface area (Å²) in [6.45, 7) is 1.60. The van der Waals surface area contributed by atoms with Gasteiger partial charge >= 0.3 is 11.9 Å². The van der Waals surface area contributed by atoms with Gasteiger partial charge in [0.1, 0.15) is 11.8 Å². The minimum atomic E-state index is -0.976. The summed E-state index contributed by atoms with van der Waals surface area (Å²) in [6, 6.07) is 33.8. The molecular formula is C37H40N2O5. The van der Waals surface area contributed by atoms with E-state index >= 15 is 0 Å². The predicted octanol–water partition coefficient (Wildman–Crippen LogP) is 7.62. The smallest absolute Gasteiger partial charge is 0.343 e. The maximum Gasteiger partial charge on any atom is 0.343 e. The third-order valence-electron chi connectivity index (χ3n) is 8.04. The molecule has 7 nitrogen and oxygen atoms in total. The molecule has 4 aromatic rings. The summed E-state index contributed by atoms with van der Waals surface area (Å²) in [6.07, 6.45) is 6.96. The monoisotopic (exact) mass is 592 g/mol. The number of para-hydroxylation sites is 3. The van der Waals surface area contributed by atoms with Gasteiger partial charge in [0.2, 0.25) is 0 Å². The van der Waals surface area contributed by atoms with Gasteiger partial charge in [-0.2, -0.15) is 0 Å². The normalized spacial score (nSPS) is 13.6. The Balaban J connectivity index is 1.10. The van der Waals surface area contributed by atoms with Crippen LogP contribution in [0.4, 0.5) is 11.4 Å². The van der Waals surface area contributed by atoms with E-state index in [2.05, 4.69) is 40.5 Å². The van der Waals surface area contributed by atoms with Crippen molar-refractivity contribution in [1.82, 2.24) is 0 Å². The fourth-order valence-corrected chi connectivity index (χ4v) is 5.70. The lowest BCUT2D eigenvalue weighted by atomic mass is 10.0. The highest BCUT2D eigenvalue weighted by Gasteiger charge is 2.23. The van der Waals surface area contributed by atoms with E-state index in [9.17, 15) is 14.7 Å². The molecule has 4 aromatic carbocycles. The maximum absolute atomic E-state index is 12.6. The number of carboxylic acid groups (broad SMARTS) is 1. The van der Waals surface area contributed by atoms with Gasteiger partial charge in [0.25, 0.3) is 0 Å². The first-order valence-corrected chi connectivity index (χ1v) is 15.5. The van der Waals surface area contributed by atoms with Crippen molar-refractivity contribution in [3.8, 4) is 11.5 Å². The summed E-state index contributed by atoms with van der Waals surface area (Å²) in [5.74, 6) is -0.389. The van der Waals surface area contributed by atoms with Crippen LogP contribution >= 0.6 is 0 Å². The summed E-state index contributed by atoms with van der Waals surface area (Å²) < 4.78 is 11.6. The average molecular weight is 593 g/mol. The van der Waals surface area contributed by atoms with Gasteiger partial charge in [-0.3, -0.25) is 0 Å². The highest BCUT2D eigenvalue weighted by Crippen LogP contribution is 2.29. The topological polar surface area (TPSA) is 88.1 Å². The number of hydrogen-bond acceptors (Lipinski definition) is 6. The number of rotatable bonds is 15. The van der Waals surface area contributed by atoms with Crippen molar-refractivity contribution in [3.63, 3.8) is 0 Å². The van der Waals surface area contributed by atoms with E-state index in [0.717, 1.165) is 24.3 Å². The van der Waals surface area contributed by atoms with E-state index in [-0.39, 0.29) is 5.75 Å². The summed E-state index contributed by atoms with van der Waals surface area (Å²) in [4.78, 5) is 27.2. The van der Waals surface area contributed by atoms with Crippen LogP contribution in [0.25, 0.3) is 0 Å². The summed E-state index contributed by atoms with van der Waals surface area (Å²) in [7, 11) is 0. The zero-order valence-electron chi connectivity index (χ0n) is 24.9. The average Bonchev–Trinajstić information content (AvgIpc) is 3.60. The second-order valence-corrected chi connectivity index (χ2v) is 11.1. The summed E-state index contributed by atoms with van der Waals surface area (Å²) >= 11 is 0. The van der Waals surface area contributed by atoms with Gasteiger partial charge in [0, 0.05) is 18.3 Å². The number of carbonyl (C=O) groups excluding carboxylic acids is 1. The number of ether oxygens (including phenoxy) is 2. The number of anilines is 2. The zero-order valence-corrected chi connectivity index (χ0v) is 24.9. The third kappa shape index (κ3) is 8.63. The molecule has 228 valence electrons. The van der Waals surface area contributed by atoms with Crippen molar-refractivity contribution in [2.75, 3.05) is 23.4 Å². The molecule has 1 unspecified atom stereocenters. The van der Waals surface area contributed by atoms with Crippen LogP contribution in [0, 0.1) is 0 Å². The Morgan fingerprint density at radius 1 is 0.841 bits per heavy atom. The molecule has 0 amide bonds. The zero-order chi connectivity index (χ0) is 30.6. The quantitative estimate of drug-likeness (QED) is 0.0834. The van der Waals surface area contributed by atoms with Crippen molar-refractivity contribution in [2.24, 2.45) is 0 Å². The van der Waals surface area contributed by atoms with E-state index in [1.54, 1.807) is 48.5 Å². The molecule has 0 radical (unpaired) electrons. The minimum Gasteiger partial charge on any atom is -0.494 e. The lowest BCUT2D eigenvalue weighted by Gasteiger charge is -2.31. The van der Waals surface area contributed by atoms with E-state index in [1.165, 1.54) is 31.4 Å². The number of benzene rings is 4. The summed E-state index contributed by atoms with van der Waals surface area (Å²) in [5.41, 5.74) is 3.18. The molecule has 0 saturated heterocycles. The number of esters is 1. The van der Waals surface area contributed by atoms with Crippen LogP contribution in [0.1, 0.15) is 54.4 Å². The van der Waals surface area contributed by atoms with Gasteiger partial charge in [-0.25, -0.2) is 9.59 Å². The highest BCUT2D eigenvalue weighted by molar-refractivity contribution is 5.92. The first-order chi connectivity index (χ1) is 21.6. The van der Waals surface area contributed by atoms with Gasteiger partial charge in [0.05, 0.1) is 17.9 Å². The van der Waals surface area contributed by atoms with Crippen molar-refractivity contribution >= 4 is 23.3 Å². The largest absolute Gasteiger partial charge is 0.494 e. The Morgan fingerprint density at radius 3 is 2.20 bits per heavy atom. The van der Waals surface area contributed by atoms with E-state index < -0.39 is 18.0 Å². The lowest BCUT2D eigenvalue weighted by Crippen LogP contribution is -2.34. The Hall–Kier alpha value is -4.78.